The second-order valence-electron chi connectivity index (χ2n) is 7.56. The molecule has 0 fully saturated rings. The molecule has 1 aliphatic rings. The van der Waals surface area contributed by atoms with Crippen molar-refractivity contribution in [1.29, 1.82) is 0 Å². The van der Waals surface area contributed by atoms with E-state index in [0.717, 1.165) is 11.0 Å². The van der Waals surface area contributed by atoms with Gasteiger partial charge in [-0.2, -0.15) is 0 Å². The lowest BCUT2D eigenvalue weighted by molar-refractivity contribution is 0.0642. The molecule has 4 aromatic rings. The number of fused-ring (bicyclic) bond motifs is 2. The highest BCUT2D eigenvalue weighted by Crippen LogP contribution is 2.27. The Labute approximate surface area is 189 Å². The first kappa shape index (κ1) is 20.4. The third kappa shape index (κ3) is 3.71. The Bertz CT molecular complexity index is 1340. The van der Waals surface area contributed by atoms with Gasteiger partial charge in [-0.1, -0.05) is 30.3 Å². The normalized spacial score (nSPS) is 12.8. The molecule has 0 bridgehead atoms. The molecule has 2 heterocycles. The van der Waals surface area contributed by atoms with Gasteiger partial charge < -0.3 is 9.72 Å². The SMILES string of the molecule is CCOc1ccc(CN2C(=O)c3ccccc3C2=O)cc1C(=O)Nc1nc2ccccc2[nH]1. The summed E-state index contributed by atoms with van der Waals surface area (Å²) >= 11 is 0. The number of aromatic nitrogens is 2. The zero-order valence-electron chi connectivity index (χ0n) is 17.8. The Morgan fingerprint density at radius 2 is 1.70 bits per heavy atom. The number of imidazole rings is 1. The predicted molar refractivity (Wildman–Crippen MR) is 122 cm³/mol. The molecule has 164 valence electrons. The Kier molecular flexibility index (Phi) is 5.10. The van der Waals surface area contributed by atoms with Crippen LogP contribution in [-0.2, 0) is 6.54 Å². The van der Waals surface area contributed by atoms with Gasteiger partial charge in [-0.05, 0) is 48.9 Å². The maximum absolute atomic E-state index is 13.1. The zero-order chi connectivity index (χ0) is 22.9. The second-order valence-corrected chi connectivity index (χ2v) is 7.56. The largest absolute Gasteiger partial charge is 0.493 e. The van der Waals surface area contributed by atoms with Crippen molar-refractivity contribution in [2.75, 3.05) is 11.9 Å². The topological polar surface area (TPSA) is 104 Å². The number of hydrogen-bond acceptors (Lipinski definition) is 5. The number of carbonyl (C=O) groups is 3. The molecule has 8 nitrogen and oxygen atoms in total. The second kappa shape index (κ2) is 8.23. The van der Waals surface area contributed by atoms with Gasteiger partial charge in [0.2, 0.25) is 5.95 Å². The van der Waals surface area contributed by atoms with Crippen molar-refractivity contribution in [2.24, 2.45) is 0 Å². The number of para-hydroxylation sites is 2. The lowest BCUT2D eigenvalue weighted by Crippen LogP contribution is -2.29. The fourth-order valence-corrected chi connectivity index (χ4v) is 3.89. The van der Waals surface area contributed by atoms with Crippen LogP contribution in [0.5, 0.6) is 5.75 Å². The first-order valence-corrected chi connectivity index (χ1v) is 10.5. The van der Waals surface area contributed by atoms with Gasteiger partial charge in [-0.15, -0.1) is 0 Å². The van der Waals surface area contributed by atoms with Crippen molar-refractivity contribution in [3.63, 3.8) is 0 Å². The standard InChI is InChI=1S/C25H20N4O4/c1-2-33-21-12-11-15(14-29-23(31)16-7-3-4-8-17(16)24(29)32)13-18(21)22(30)28-25-26-19-9-5-6-10-20(19)27-25/h3-13H,2,14H2,1H3,(H2,26,27,28,30). The lowest BCUT2D eigenvalue weighted by Gasteiger charge is -2.16. The molecule has 0 saturated heterocycles. The summed E-state index contributed by atoms with van der Waals surface area (Å²) in [7, 11) is 0. The van der Waals surface area contributed by atoms with E-state index in [-0.39, 0.29) is 23.9 Å². The van der Waals surface area contributed by atoms with E-state index < -0.39 is 5.91 Å². The van der Waals surface area contributed by atoms with Gasteiger partial charge in [0.1, 0.15) is 5.75 Å². The summed E-state index contributed by atoms with van der Waals surface area (Å²) in [6.45, 7) is 2.25. The van der Waals surface area contributed by atoms with E-state index in [4.69, 9.17) is 4.74 Å². The Morgan fingerprint density at radius 1 is 1.00 bits per heavy atom. The van der Waals surface area contributed by atoms with Crippen LogP contribution in [0.2, 0.25) is 0 Å². The van der Waals surface area contributed by atoms with Crippen molar-refractivity contribution in [2.45, 2.75) is 13.5 Å². The zero-order valence-corrected chi connectivity index (χ0v) is 17.8. The fourth-order valence-electron chi connectivity index (χ4n) is 3.89. The van der Waals surface area contributed by atoms with Crippen LogP contribution in [0.15, 0.2) is 66.7 Å². The van der Waals surface area contributed by atoms with E-state index in [0.29, 0.717) is 35.0 Å². The van der Waals surface area contributed by atoms with E-state index >= 15 is 0 Å². The number of H-pyrrole nitrogens is 1. The number of nitrogens with one attached hydrogen (secondary N) is 2. The fraction of sp³-hybridized carbons (Fsp3) is 0.120. The van der Waals surface area contributed by atoms with E-state index in [1.807, 2.05) is 31.2 Å². The molecular weight excluding hydrogens is 420 g/mol. The highest BCUT2D eigenvalue weighted by molar-refractivity contribution is 6.21. The number of anilines is 1. The molecule has 5 rings (SSSR count). The predicted octanol–water partition coefficient (Wildman–Crippen LogP) is 4.01. The van der Waals surface area contributed by atoms with Crippen molar-refractivity contribution < 1.29 is 19.1 Å². The summed E-state index contributed by atoms with van der Waals surface area (Å²) in [6.07, 6.45) is 0. The highest BCUT2D eigenvalue weighted by atomic mass is 16.5. The molecule has 0 spiro atoms. The van der Waals surface area contributed by atoms with E-state index in [1.165, 1.54) is 4.90 Å². The molecule has 3 aromatic carbocycles. The van der Waals surface area contributed by atoms with Crippen LogP contribution >= 0.6 is 0 Å². The summed E-state index contributed by atoms with van der Waals surface area (Å²) < 4.78 is 5.63. The third-order valence-corrected chi connectivity index (χ3v) is 5.43. The third-order valence-electron chi connectivity index (χ3n) is 5.43. The molecule has 1 aliphatic heterocycles. The van der Waals surface area contributed by atoms with Crippen molar-refractivity contribution >= 4 is 34.7 Å². The molecule has 0 saturated carbocycles. The van der Waals surface area contributed by atoms with Crippen LogP contribution in [0.3, 0.4) is 0 Å². The number of nitrogens with zero attached hydrogens (tertiary/aromatic N) is 2. The van der Waals surface area contributed by atoms with Crippen LogP contribution in [0.4, 0.5) is 5.95 Å². The average Bonchev–Trinajstić information content (AvgIpc) is 3.34. The summed E-state index contributed by atoms with van der Waals surface area (Å²) in [4.78, 5) is 47.1. The smallest absolute Gasteiger partial charge is 0.261 e. The monoisotopic (exact) mass is 440 g/mol. The van der Waals surface area contributed by atoms with Gasteiger partial charge in [0.15, 0.2) is 0 Å². The quantitative estimate of drug-likeness (QED) is 0.441. The van der Waals surface area contributed by atoms with Crippen LogP contribution in [-0.4, -0.2) is 39.2 Å². The summed E-state index contributed by atoms with van der Waals surface area (Å²) in [5.41, 5.74) is 3.22. The molecule has 33 heavy (non-hydrogen) atoms. The molecular formula is C25H20N4O4. The number of carbonyl (C=O) groups excluding carboxylic acids is 3. The average molecular weight is 440 g/mol. The Balaban J connectivity index is 1.42. The van der Waals surface area contributed by atoms with E-state index in [2.05, 4.69) is 15.3 Å². The van der Waals surface area contributed by atoms with E-state index in [1.54, 1.807) is 42.5 Å². The van der Waals surface area contributed by atoms with Crippen LogP contribution < -0.4 is 10.1 Å². The van der Waals surface area contributed by atoms with Crippen molar-refractivity contribution in [3.8, 4) is 5.75 Å². The molecule has 2 N–H and O–H groups in total. The van der Waals surface area contributed by atoms with Crippen molar-refractivity contribution in [1.82, 2.24) is 14.9 Å². The number of benzene rings is 3. The van der Waals surface area contributed by atoms with Gasteiger partial charge in [0.05, 0.1) is 40.9 Å². The van der Waals surface area contributed by atoms with Gasteiger partial charge in [-0.25, -0.2) is 4.98 Å². The Morgan fingerprint density at radius 3 is 2.39 bits per heavy atom. The van der Waals surface area contributed by atoms with Crippen LogP contribution in [0.1, 0.15) is 43.6 Å². The van der Waals surface area contributed by atoms with Gasteiger partial charge in [0.25, 0.3) is 17.7 Å². The first-order valence-electron chi connectivity index (χ1n) is 10.5. The number of hydrogen-bond donors (Lipinski definition) is 2. The van der Waals surface area contributed by atoms with Gasteiger partial charge in [-0.3, -0.25) is 24.6 Å². The number of rotatable bonds is 6. The summed E-state index contributed by atoms with van der Waals surface area (Å²) in [5, 5.41) is 2.77. The molecule has 0 atom stereocenters. The maximum atomic E-state index is 13.1. The van der Waals surface area contributed by atoms with E-state index in [9.17, 15) is 14.4 Å². The van der Waals surface area contributed by atoms with Crippen LogP contribution in [0.25, 0.3) is 11.0 Å². The molecule has 0 unspecified atom stereocenters. The van der Waals surface area contributed by atoms with Gasteiger partial charge >= 0.3 is 0 Å². The maximum Gasteiger partial charge on any atom is 0.261 e. The minimum Gasteiger partial charge on any atom is -0.493 e. The molecule has 8 heteroatoms. The summed E-state index contributed by atoms with van der Waals surface area (Å²) in [6, 6.07) is 19.2. The highest BCUT2D eigenvalue weighted by Gasteiger charge is 2.35. The van der Waals surface area contributed by atoms with Crippen molar-refractivity contribution in [3.05, 3.63) is 89.0 Å². The number of aromatic amines is 1. The number of amides is 3. The Hall–Kier alpha value is -4.46. The first-order chi connectivity index (χ1) is 16.0. The molecule has 1 aromatic heterocycles. The van der Waals surface area contributed by atoms with Gasteiger partial charge in [0, 0.05) is 0 Å². The minimum absolute atomic E-state index is 0.0453. The number of ether oxygens (including phenoxy) is 1. The molecule has 0 radical (unpaired) electrons. The minimum atomic E-state index is -0.415. The molecule has 0 aliphatic carbocycles. The van der Waals surface area contributed by atoms with Crippen LogP contribution in [0, 0.1) is 0 Å². The number of imide groups is 1. The summed E-state index contributed by atoms with van der Waals surface area (Å²) in [5.74, 6) is -0.399. The molecule has 3 amide bonds. The lowest BCUT2D eigenvalue weighted by atomic mass is 10.1.